The standard InChI is InChI=1S/C54H72B36N4/c55-9-1-2-10(56)20(66)31(77)37(83)46(2)92(45(1)36(82)30(76)19(9)65)51-14(60)6-3-11(57)21(67)32(78)38(84)47(3)93(48(6)41(87)42(51)88)53-44(90)35(81)43(89)52(91-53)54(7-15(61)24(70)28(74)25(71)16(7)62,8-17(63)26(72)29(75)27(73)18(8)64)94-49-4(12(58)22(68)33(79)39(49)85)5-13(59)23(69)34(80)40(86)50(5)94/h55-90H2. The van der Waals surface area contributed by atoms with Crippen molar-refractivity contribution in [3.63, 3.8) is 0 Å². The Hall–Kier alpha value is -5.35. The summed E-state index contributed by atoms with van der Waals surface area (Å²) < 4.78 is 8.41. The molecule has 0 spiro atoms. The predicted octanol–water partition coefficient (Wildman–Crippen LogP) is -49.5. The van der Waals surface area contributed by atoms with Gasteiger partial charge in [0.15, 0.2) is 0 Å². The smallest absolute Gasteiger partial charge is 0.143 e. The summed E-state index contributed by atoms with van der Waals surface area (Å²) in [5.41, 5.74) is 59.9. The zero-order valence-corrected chi connectivity index (χ0v) is 64.8. The van der Waals surface area contributed by atoms with Crippen LogP contribution in [-0.4, -0.2) is 301 Å². The highest BCUT2D eigenvalue weighted by atomic mass is 15.1. The van der Waals surface area contributed by atoms with Crippen molar-refractivity contribution in [2.45, 2.75) is 5.54 Å². The Balaban J connectivity index is 1.42. The highest BCUT2D eigenvalue weighted by Crippen LogP contribution is 2.42. The SMILES string of the molecule is Bc1c(-n2c3c(B)c(B)c(B)c(B)c3c3c(B)c(-n4c5c(B)c(B)c(B)c(B)c5c5c(B)c(B)c(B)c(B)c54)c(B)c(B)c32)nc(C(c2c(B)c(B)c(B)c(B)c2B)(c2c(B)c(B)c(B)c(B)c2B)n2c3c(B)c(B)c(B)c(B)c3c3c(B)c(B)c(B)c(B)c32)c(B)c1B. The molecule has 94 heavy (non-hydrogen) atoms. The number of fused-ring (bicyclic) bond motifs is 9. The van der Waals surface area contributed by atoms with Crippen molar-refractivity contribution in [1.82, 2.24) is 18.7 Å². The molecule has 12 aromatic rings. The van der Waals surface area contributed by atoms with Crippen molar-refractivity contribution in [1.29, 1.82) is 0 Å². The van der Waals surface area contributed by atoms with E-state index in [0.717, 1.165) is 11.5 Å². The minimum absolute atomic E-state index is 1.00. The van der Waals surface area contributed by atoms with Crippen molar-refractivity contribution in [3.05, 3.63) is 16.8 Å². The third-order valence-corrected chi connectivity index (χ3v) is 27.5. The van der Waals surface area contributed by atoms with Gasteiger partial charge in [0.25, 0.3) is 0 Å². The third kappa shape index (κ3) is 8.43. The van der Waals surface area contributed by atoms with Gasteiger partial charge in [-0.05, 0) is 38.1 Å². The van der Waals surface area contributed by atoms with Gasteiger partial charge in [-0.15, -0.1) is 60.1 Å². The van der Waals surface area contributed by atoms with Crippen LogP contribution in [0.5, 0.6) is 0 Å². The lowest BCUT2D eigenvalue weighted by atomic mass is 9.51. The fraction of sp³-hybridized carbons (Fsp3) is 0.0185. The number of nitrogens with zero attached hydrogens (tertiary/aromatic N) is 4. The molecule has 0 radical (unpaired) electrons. The summed E-state index contributed by atoms with van der Waals surface area (Å²) in [7, 11) is 86.3. The van der Waals surface area contributed by atoms with Gasteiger partial charge in [-0.3, -0.25) is 4.57 Å². The maximum absolute atomic E-state index is 6.88. The van der Waals surface area contributed by atoms with Crippen molar-refractivity contribution in [2.75, 3.05) is 0 Å². The van der Waals surface area contributed by atoms with Crippen LogP contribution in [0.3, 0.4) is 0 Å². The van der Waals surface area contributed by atoms with E-state index >= 15 is 0 Å². The first-order chi connectivity index (χ1) is 43.8. The van der Waals surface area contributed by atoms with Crippen molar-refractivity contribution in [3.8, 4) is 11.5 Å². The van der Waals surface area contributed by atoms with E-state index < -0.39 is 5.54 Å². The fourth-order valence-corrected chi connectivity index (χ4v) is 18.8. The summed E-state index contributed by atoms with van der Waals surface area (Å²) in [5.74, 6) is 1.00. The third-order valence-electron chi connectivity index (χ3n) is 27.5. The second-order valence-corrected chi connectivity index (χ2v) is 30.4. The van der Waals surface area contributed by atoms with E-state index in [4.69, 9.17) is 4.98 Å². The quantitative estimate of drug-likeness (QED) is 0.153. The summed E-state index contributed by atoms with van der Waals surface area (Å²) in [6.45, 7) is 0. The number of rotatable bonds is 6. The first-order valence-corrected chi connectivity index (χ1v) is 35.0. The van der Waals surface area contributed by atoms with Crippen molar-refractivity contribution in [2.24, 2.45) is 0 Å². The lowest BCUT2D eigenvalue weighted by molar-refractivity contribution is 0.550. The van der Waals surface area contributed by atoms with E-state index in [1.54, 1.807) is 0 Å². The maximum Gasteiger partial charge on any atom is 0.143 e. The summed E-state index contributed by atoms with van der Waals surface area (Å²) in [6, 6.07) is 0. The van der Waals surface area contributed by atoms with Gasteiger partial charge in [-0.2, -0.15) is 0 Å². The van der Waals surface area contributed by atoms with E-state index in [2.05, 4.69) is 296 Å². The van der Waals surface area contributed by atoms with Gasteiger partial charge in [0, 0.05) is 44.2 Å². The minimum atomic E-state index is -1.05. The molecular weight excluding hydrogens is 1090 g/mol. The first-order valence-electron chi connectivity index (χ1n) is 35.0. The predicted molar refractivity (Wildman–Crippen MR) is 535 cm³/mol. The summed E-state index contributed by atoms with van der Waals surface area (Å²) >= 11 is 0. The molecule has 0 unspecified atom stereocenters. The lowest BCUT2D eigenvalue weighted by Crippen LogP contribution is -2.67. The largest absolute Gasteiger partial charge is 0.321 e. The Morgan fingerprint density at radius 2 is 0.394 bits per heavy atom. The Labute approximate surface area is 592 Å². The minimum Gasteiger partial charge on any atom is -0.321 e. The molecule has 12 rings (SSSR count). The molecule has 0 saturated carbocycles. The van der Waals surface area contributed by atoms with Gasteiger partial charge in [0.1, 0.15) is 294 Å². The molecule has 40 heteroatoms. The van der Waals surface area contributed by atoms with Crippen LogP contribution in [0.25, 0.3) is 76.9 Å². The average molecular weight is 1170 g/mol. The van der Waals surface area contributed by atoms with Crippen LogP contribution < -0.4 is 197 Å². The van der Waals surface area contributed by atoms with E-state index in [9.17, 15) is 0 Å². The molecule has 0 bridgehead atoms. The highest BCUT2D eigenvalue weighted by Gasteiger charge is 2.49. The van der Waals surface area contributed by atoms with Gasteiger partial charge in [0.05, 0.1) is 5.69 Å². The van der Waals surface area contributed by atoms with Gasteiger partial charge >= 0.3 is 0 Å². The molecule has 416 valence electrons. The Morgan fingerprint density at radius 1 is 0.181 bits per heavy atom. The van der Waals surface area contributed by atoms with E-state index in [0.29, 0.717) is 0 Å². The normalized spacial score (nSPS) is 12.1. The van der Waals surface area contributed by atoms with E-state index in [-0.39, 0.29) is 0 Å². The number of pyridine rings is 1. The average Bonchev–Trinajstić information content (AvgIpc) is 1.37. The molecule has 4 nitrogen and oxygen atoms in total. The van der Waals surface area contributed by atoms with Crippen LogP contribution in [-0.2, 0) is 5.54 Å². The van der Waals surface area contributed by atoms with Crippen LogP contribution in [0, 0.1) is 0 Å². The Bertz CT molecular complexity index is 5360. The van der Waals surface area contributed by atoms with Crippen LogP contribution in [0.4, 0.5) is 0 Å². The van der Waals surface area contributed by atoms with Gasteiger partial charge in [-0.25, -0.2) is 4.98 Å². The van der Waals surface area contributed by atoms with E-state index in [1.165, 1.54) is 279 Å². The van der Waals surface area contributed by atoms with Gasteiger partial charge in [-0.1, -0.05) is 137 Å². The van der Waals surface area contributed by atoms with Gasteiger partial charge < -0.3 is 9.13 Å². The molecule has 0 aliphatic heterocycles. The molecule has 0 fully saturated rings. The summed E-state index contributed by atoms with van der Waals surface area (Å²) in [5, 5.41) is 8.17. The molecule has 8 aromatic carbocycles. The zero-order chi connectivity index (χ0) is 69.5. The molecule has 4 aromatic heterocycles. The number of hydrogen-bond donors (Lipinski definition) is 0. The molecule has 0 amide bonds. The van der Waals surface area contributed by atoms with Crippen LogP contribution in [0.1, 0.15) is 16.8 Å². The molecule has 0 N–H and O–H groups in total. The monoisotopic (exact) mass is 1170 g/mol. The van der Waals surface area contributed by atoms with Crippen LogP contribution >= 0.6 is 0 Å². The molecule has 0 saturated heterocycles. The topological polar surface area (TPSA) is 27.7 Å². The van der Waals surface area contributed by atoms with Crippen molar-refractivity contribution < 1.29 is 0 Å². The molecule has 4 heterocycles. The molecule has 0 aliphatic rings. The number of benzene rings is 8. The lowest BCUT2D eigenvalue weighted by Gasteiger charge is -2.46. The summed E-state index contributed by atoms with van der Waals surface area (Å²) in [6.07, 6.45) is 0. The number of hydrogen-bond acceptors (Lipinski definition) is 1. The first kappa shape index (κ1) is 68.6. The maximum atomic E-state index is 6.88. The summed E-state index contributed by atoms with van der Waals surface area (Å²) in [4.78, 5) is 6.88. The Kier molecular flexibility index (Phi) is 16.7. The van der Waals surface area contributed by atoms with Crippen LogP contribution in [0.2, 0.25) is 0 Å². The van der Waals surface area contributed by atoms with Crippen molar-refractivity contribution >= 4 is 545 Å². The highest BCUT2D eigenvalue weighted by molar-refractivity contribution is 6.77. The second-order valence-electron chi connectivity index (χ2n) is 30.4. The molecular formula is C54H72B36N4. The molecule has 0 aliphatic carbocycles. The van der Waals surface area contributed by atoms with E-state index in [1.807, 2.05) is 0 Å². The second kappa shape index (κ2) is 22.9. The van der Waals surface area contributed by atoms with Gasteiger partial charge in [0.2, 0.25) is 0 Å². The molecule has 0 atom stereocenters. The van der Waals surface area contributed by atoms with Crippen LogP contribution in [0.15, 0.2) is 0 Å². The Morgan fingerprint density at radius 3 is 0.702 bits per heavy atom. The number of aromatic nitrogens is 4. The zero-order valence-electron chi connectivity index (χ0n) is 64.8. The fourth-order valence-electron chi connectivity index (χ4n) is 18.8.